The van der Waals surface area contributed by atoms with Crippen molar-refractivity contribution < 1.29 is 14.3 Å². The van der Waals surface area contributed by atoms with Crippen molar-refractivity contribution in [3.8, 4) is 0 Å². The number of hydrogen-bond donors (Lipinski definition) is 1. The summed E-state index contributed by atoms with van der Waals surface area (Å²) < 4.78 is 11.8. The smallest absolute Gasteiger partial charge is 0.360 e. The van der Waals surface area contributed by atoms with Gasteiger partial charge >= 0.3 is 5.97 Å². The zero-order valence-electron chi connectivity index (χ0n) is 10.0. The van der Waals surface area contributed by atoms with E-state index in [2.05, 4.69) is 16.6 Å². The van der Waals surface area contributed by atoms with Crippen LogP contribution in [0.5, 0.6) is 0 Å². The number of hydrogen-bond acceptors (Lipinski definition) is 5. The summed E-state index contributed by atoms with van der Waals surface area (Å²) in [7, 11) is 1.31. The number of carbonyl (C=O) groups excluding carboxylic acids is 1. The van der Waals surface area contributed by atoms with Crippen LogP contribution < -0.4 is 5.73 Å². The molecule has 17 heavy (non-hydrogen) atoms. The molecular weight excluding hydrogens is 222 g/mol. The first-order valence-corrected chi connectivity index (χ1v) is 5.63. The van der Waals surface area contributed by atoms with Gasteiger partial charge in [0.15, 0.2) is 5.69 Å². The Morgan fingerprint density at radius 1 is 1.76 bits per heavy atom. The highest BCUT2D eigenvalue weighted by Gasteiger charge is 2.26. The number of nitrogen functional groups attached to an aromatic ring is 1. The third kappa shape index (κ3) is 2.12. The molecule has 2 N–H and O–H groups in total. The molecule has 94 valence electrons. The lowest BCUT2D eigenvalue weighted by Crippen LogP contribution is -2.18. The molecule has 1 aromatic heterocycles. The minimum atomic E-state index is -0.504. The van der Waals surface area contributed by atoms with Gasteiger partial charge in [0.1, 0.15) is 5.82 Å². The van der Waals surface area contributed by atoms with Gasteiger partial charge in [-0.3, -0.25) is 0 Å². The van der Waals surface area contributed by atoms with Gasteiger partial charge in [0.2, 0.25) is 0 Å². The third-order valence-electron chi connectivity index (χ3n) is 3.30. The lowest BCUT2D eigenvalue weighted by Gasteiger charge is -2.20. The van der Waals surface area contributed by atoms with Crippen molar-refractivity contribution in [1.82, 2.24) is 9.55 Å². The van der Waals surface area contributed by atoms with Crippen molar-refractivity contribution in [3.63, 3.8) is 0 Å². The van der Waals surface area contributed by atoms with E-state index in [1.807, 2.05) is 4.57 Å². The quantitative estimate of drug-likeness (QED) is 0.791. The summed E-state index contributed by atoms with van der Waals surface area (Å²) in [6.07, 6.45) is 2.59. The molecule has 6 heteroatoms. The predicted octanol–water partition coefficient (Wildman–Crippen LogP) is 0.849. The van der Waals surface area contributed by atoms with E-state index in [4.69, 9.17) is 10.5 Å². The van der Waals surface area contributed by atoms with Crippen LogP contribution in [0.4, 0.5) is 5.82 Å². The summed E-state index contributed by atoms with van der Waals surface area (Å²) in [6.45, 7) is 3.57. The zero-order valence-corrected chi connectivity index (χ0v) is 10.0. The Morgan fingerprint density at radius 3 is 3.12 bits per heavy atom. The predicted molar refractivity (Wildman–Crippen MR) is 61.6 cm³/mol. The number of ether oxygens (including phenoxy) is 2. The highest BCUT2D eigenvalue weighted by atomic mass is 16.5. The lowest BCUT2D eigenvalue weighted by molar-refractivity contribution is 0.0596. The van der Waals surface area contributed by atoms with Gasteiger partial charge in [0, 0.05) is 18.6 Å². The van der Waals surface area contributed by atoms with Crippen LogP contribution in [0.15, 0.2) is 6.33 Å². The van der Waals surface area contributed by atoms with E-state index in [0.29, 0.717) is 11.7 Å². The topological polar surface area (TPSA) is 79.4 Å². The fraction of sp³-hybridized carbons (Fsp3) is 0.636. The molecule has 1 aliphatic rings. The van der Waals surface area contributed by atoms with Crippen molar-refractivity contribution in [2.45, 2.75) is 19.4 Å². The first kappa shape index (κ1) is 11.9. The maximum atomic E-state index is 11.4. The average Bonchev–Trinajstić information content (AvgIpc) is 2.96. The molecule has 6 nitrogen and oxygen atoms in total. The molecule has 0 spiro atoms. The molecule has 2 atom stereocenters. The third-order valence-corrected chi connectivity index (χ3v) is 3.30. The molecule has 1 aromatic rings. The standard InChI is InChI=1S/C11H17N3O3/c1-7(8-3-4-17-5-8)14-6-13-9(10(14)12)11(15)16-2/h6-8H,3-5,12H2,1-2H3. The fourth-order valence-electron chi connectivity index (χ4n) is 2.11. The molecule has 0 aliphatic carbocycles. The van der Waals surface area contributed by atoms with Gasteiger partial charge in [-0.1, -0.05) is 0 Å². The Labute approximate surface area is 99.7 Å². The molecule has 1 fully saturated rings. The van der Waals surface area contributed by atoms with Crippen molar-refractivity contribution in [1.29, 1.82) is 0 Å². The van der Waals surface area contributed by atoms with Crippen LogP contribution in [0.25, 0.3) is 0 Å². The average molecular weight is 239 g/mol. The first-order valence-electron chi connectivity index (χ1n) is 5.63. The first-order chi connectivity index (χ1) is 8.15. The summed E-state index contributed by atoms with van der Waals surface area (Å²) in [5.41, 5.74) is 6.09. The van der Waals surface area contributed by atoms with Crippen LogP contribution in [0.3, 0.4) is 0 Å². The van der Waals surface area contributed by atoms with Gasteiger partial charge in [0.05, 0.1) is 20.0 Å². The Morgan fingerprint density at radius 2 is 2.53 bits per heavy atom. The Balaban J connectivity index is 2.21. The number of esters is 1. The molecule has 0 aromatic carbocycles. The number of nitrogens with two attached hydrogens (primary N) is 1. The van der Waals surface area contributed by atoms with Crippen molar-refractivity contribution in [3.05, 3.63) is 12.0 Å². The monoisotopic (exact) mass is 239 g/mol. The summed E-state index contributed by atoms with van der Waals surface area (Å²) in [4.78, 5) is 15.4. The van der Waals surface area contributed by atoms with E-state index < -0.39 is 5.97 Å². The van der Waals surface area contributed by atoms with Crippen LogP contribution in [-0.2, 0) is 9.47 Å². The normalized spacial score (nSPS) is 21.4. The minimum absolute atomic E-state index is 0.170. The number of imidazole rings is 1. The number of methoxy groups -OCH3 is 1. The number of aromatic nitrogens is 2. The van der Waals surface area contributed by atoms with Crippen LogP contribution in [0.2, 0.25) is 0 Å². The van der Waals surface area contributed by atoms with E-state index in [0.717, 1.165) is 19.6 Å². The molecule has 2 unspecified atom stereocenters. The van der Waals surface area contributed by atoms with Gasteiger partial charge < -0.3 is 19.8 Å². The van der Waals surface area contributed by atoms with E-state index in [-0.39, 0.29) is 11.7 Å². The van der Waals surface area contributed by atoms with Crippen molar-refractivity contribution in [2.75, 3.05) is 26.1 Å². The lowest BCUT2D eigenvalue weighted by atomic mass is 10.0. The van der Waals surface area contributed by atoms with Gasteiger partial charge in [0.25, 0.3) is 0 Å². The van der Waals surface area contributed by atoms with Gasteiger partial charge in [-0.25, -0.2) is 9.78 Å². The number of anilines is 1. The number of carbonyl (C=O) groups is 1. The Hall–Kier alpha value is -1.56. The number of rotatable bonds is 3. The second-order valence-corrected chi connectivity index (χ2v) is 4.24. The molecule has 2 rings (SSSR count). The fourth-order valence-corrected chi connectivity index (χ4v) is 2.11. The van der Waals surface area contributed by atoms with Crippen molar-refractivity contribution >= 4 is 11.8 Å². The van der Waals surface area contributed by atoms with Crippen molar-refractivity contribution in [2.24, 2.45) is 5.92 Å². The molecule has 0 amide bonds. The highest BCUT2D eigenvalue weighted by molar-refractivity contribution is 5.92. The van der Waals surface area contributed by atoms with E-state index in [1.165, 1.54) is 7.11 Å². The summed E-state index contributed by atoms with van der Waals surface area (Å²) in [5.74, 6) is 0.268. The van der Waals surface area contributed by atoms with Crippen LogP contribution in [0.1, 0.15) is 29.9 Å². The largest absolute Gasteiger partial charge is 0.464 e. The zero-order chi connectivity index (χ0) is 12.4. The molecule has 0 bridgehead atoms. The highest BCUT2D eigenvalue weighted by Crippen LogP contribution is 2.28. The van der Waals surface area contributed by atoms with Gasteiger partial charge in [-0.05, 0) is 13.3 Å². The molecule has 1 saturated heterocycles. The summed E-state index contributed by atoms with van der Waals surface area (Å²) >= 11 is 0. The van der Waals surface area contributed by atoms with E-state index >= 15 is 0 Å². The minimum Gasteiger partial charge on any atom is -0.464 e. The number of nitrogens with zero attached hydrogens (tertiary/aromatic N) is 2. The molecule has 1 aliphatic heterocycles. The second kappa shape index (κ2) is 4.75. The van der Waals surface area contributed by atoms with E-state index in [1.54, 1.807) is 6.33 Å². The van der Waals surface area contributed by atoms with Crippen LogP contribution >= 0.6 is 0 Å². The molecule has 0 saturated carbocycles. The van der Waals surface area contributed by atoms with Gasteiger partial charge in [-0.2, -0.15) is 0 Å². The van der Waals surface area contributed by atoms with E-state index in [9.17, 15) is 4.79 Å². The van der Waals surface area contributed by atoms with Gasteiger partial charge in [-0.15, -0.1) is 0 Å². The maximum Gasteiger partial charge on any atom is 0.360 e. The molecular formula is C11H17N3O3. The van der Waals surface area contributed by atoms with Crippen LogP contribution in [0, 0.1) is 5.92 Å². The Bertz CT molecular complexity index is 410. The van der Waals surface area contributed by atoms with Crippen LogP contribution in [-0.4, -0.2) is 35.8 Å². The summed E-state index contributed by atoms with van der Waals surface area (Å²) in [5, 5.41) is 0. The Kier molecular flexibility index (Phi) is 3.33. The SMILES string of the molecule is COC(=O)c1ncn(C(C)C2CCOC2)c1N. The molecule has 2 heterocycles. The summed E-state index contributed by atoms with van der Waals surface area (Å²) in [6, 6.07) is 0.170. The maximum absolute atomic E-state index is 11.4. The molecule has 0 radical (unpaired) electrons. The second-order valence-electron chi connectivity index (χ2n) is 4.24.